The molecule has 2 aromatic carbocycles. The highest BCUT2D eigenvalue weighted by molar-refractivity contribution is 7.97. The summed E-state index contributed by atoms with van der Waals surface area (Å²) in [5.74, 6) is -0.396. The molecule has 9 nitrogen and oxygen atoms in total. The first-order chi connectivity index (χ1) is 20.5. The van der Waals surface area contributed by atoms with Crippen LogP contribution in [-0.2, 0) is 21.5 Å². The van der Waals surface area contributed by atoms with E-state index in [1.807, 2.05) is 6.07 Å². The molecule has 0 spiro atoms. The molecule has 1 aliphatic heterocycles. The first-order valence-electron chi connectivity index (χ1n) is 14.0. The van der Waals surface area contributed by atoms with Crippen LogP contribution in [0.4, 0.5) is 18.0 Å². The number of hydrogen-bond donors (Lipinski definition) is 3. The van der Waals surface area contributed by atoms with Crippen molar-refractivity contribution in [3.05, 3.63) is 59.7 Å². The first-order valence-corrected chi connectivity index (χ1v) is 15.0. The Morgan fingerprint density at radius 1 is 1.07 bits per heavy atom. The molecule has 238 valence electrons. The maximum atomic E-state index is 12.6. The Bertz CT molecular complexity index is 1190. The maximum absolute atomic E-state index is 12.6. The Hall–Kier alpha value is -3.16. The van der Waals surface area contributed by atoms with Gasteiger partial charge >= 0.3 is 18.2 Å². The standard InChI is InChI=1S/C28H39N3O4S.C2HF3O2/c1-33-16-7-17-36-30-27(32)29-23-12-13-28(22-10-11-24(34-2)25(18-22)35-3)14-15-31(26(28)19-23)20-21-8-5-4-6-9-21;3-2(4,5)1(6)7/h4-6,8-11,18,23,26H,7,12-17,19-20H2,1-3H3,(H2,29,30,32);(H,6,7). The molecule has 1 saturated heterocycles. The smallest absolute Gasteiger partial charge is 0.490 e. The number of carbonyl (C=O) groups excluding carboxylic acids is 1. The van der Waals surface area contributed by atoms with Gasteiger partial charge in [-0.2, -0.15) is 13.2 Å². The predicted octanol–water partition coefficient (Wildman–Crippen LogP) is 5.39. The van der Waals surface area contributed by atoms with Gasteiger partial charge in [0.1, 0.15) is 0 Å². The third kappa shape index (κ3) is 9.41. The number of hydrogen-bond acceptors (Lipinski definition) is 7. The Morgan fingerprint density at radius 2 is 1.77 bits per heavy atom. The highest BCUT2D eigenvalue weighted by Gasteiger charge is 2.51. The van der Waals surface area contributed by atoms with Gasteiger partial charge < -0.3 is 24.6 Å². The van der Waals surface area contributed by atoms with Gasteiger partial charge in [-0.15, -0.1) is 0 Å². The Balaban J connectivity index is 0.000000646. The van der Waals surface area contributed by atoms with Crippen LogP contribution in [0.3, 0.4) is 0 Å². The number of nitrogens with zero attached hydrogens (tertiary/aromatic N) is 1. The molecule has 3 unspecified atom stereocenters. The van der Waals surface area contributed by atoms with Crippen LogP contribution in [0, 0.1) is 0 Å². The van der Waals surface area contributed by atoms with Gasteiger partial charge in [-0.05, 0) is 73.9 Å². The topological polar surface area (TPSA) is 109 Å². The second-order valence-electron chi connectivity index (χ2n) is 10.5. The molecule has 4 rings (SSSR count). The molecule has 1 heterocycles. The summed E-state index contributed by atoms with van der Waals surface area (Å²) in [5.41, 5.74) is 2.65. The van der Waals surface area contributed by atoms with Crippen LogP contribution in [0.25, 0.3) is 0 Å². The summed E-state index contributed by atoms with van der Waals surface area (Å²) in [6.45, 7) is 2.65. The summed E-state index contributed by atoms with van der Waals surface area (Å²) >= 11 is 1.44. The first kappa shape index (κ1) is 34.3. The summed E-state index contributed by atoms with van der Waals surface area (Å²) in [6.07, 6.45) is -0.192. The SMILES string of the molecule is COCCCSNC(=O)NC1CCC2(c3ccc(OC)c(OC)c3)CCN(Cc3ccccc3)C2C1.O=C(O)C(F)(F)F. The molecular formula is C30H40F3N3O6S. The largest absolute Gasteiger partial charge is 0.493 e. The van der Waals surface area contributed by atoms with Crippen molar-refractivity contribution in [2.24, 2.45) is 0 Å². The number of alkyl halides is 3. The Labute approximate surface area is 254 Å². The molecule has 2 aromatic rings. The number of benzene rings is 2. The number of rotatable bonds is 11. The van der Waals surface area contributed by atoms with E-state index in [0.29, 0.717) is 12.6 Å². The number of methoxy groups -OCH3 is 3. The number of carboxylic acids is 1. The molecule has 0 radical (unpaired) electrons. The second kappa shape index (κ2) is 16.1. The van der Waals surface area contributed by atoms with Crippen LogP contribution in [-0.4, -0.2) is 80.5 Å². The Morgan fingerprint density at radius 3 is 2.40 bits per heavy atom. The van der Waals surface area contributed by atoms with Crippen molar-refractivity contribution in [1.29, 1.82) is 0 Å². The molecule has 1 saturated carbocycles. The number of urea groups is 1. The number of halogens is 3. The lowest BCUT2D eigenvalue weighted by atomic mass is 9.65. The number of aliphatic carboxylic acids is 1. The number of amides is 2. The van der Waals surface area contributed by atoms with Crippen LogP contribution < -0.4 is 19.5 Å². The van der Waals surface area contributed by atoms with E-state index in [0.717, 1.165) is 62.4 Å². The van der Waals surface area contributed by atoms with Crippen molar-refractivity contribution >= 4 is 23.9 Å². The van der Waals surface area contributed by atoms with E-state index in [2.05, 4.69) is 57.4 Å². The zero-order chi connectivity index (χ0) is 31.5. The van der Waals surface area contributed by atoms with Crippen molar-refractivity contribution in [1.82, 2.24) is 14.9 Å². The molecule has 0 bridgehead atoms. The van der Waals surface area contributed by atoms with Gasteiger partial charge in [0, 0.05) is 43.5 Å². The molecule has 2 amide bonds. The third-order valence-corrected chi connectivity index (χ3v) is 8.72. The predicted molar refractivity (Wildman–Crippen MR) is 158 cm³/mol. The molecule has 13 heteroatoms. The van der Waals surface area contributed by atoms with Crippen molar-refractivity contribution in [2.75, 3.05) is 40.2 Å². The van der Waals surface area contributed by atoms with E-state index >= 15 is 0 Å². The minimum absolute atomic E-state index is 0.0257. The molecular weight excluding hydrogens is 587 g/mol. The van der Waals surface area contributed by atoms with Gasteiger partial charge in [-0.25, -0.2) is 9.59 Å². The summed E-state index contributed by atoms with van der Waals surface area (Å²) in [7, 11) is 5.06. The van der Waals surface area contributed by atoms with Crippen LogP contribution in [0.1, 0.15) is 43.2 Å². The zero-order valence-corrected chi connectivity index (χ0v) is 25.4. The zero-order valence-electron chi connectivity index (χ0n) is 24.6. The van der Waals surface area contributed by atoms with E-state index in [-0.39, 0.29) is 17.5 Å². The van der Waals surface area contributed by atoms with Crippen molar-refractivity contribution in [2.45, 2.75) is 62.3 Å². The summed E-state index contributed by atoms with van der Waals surface area (Å²) in [4.78, 5) is 24.1. The lowest BCUT2D eigenvalue weighted by Crippen LogP contribution is -2.53. The van der Waals surface area contributed by atoms with E-state index < -0.39 is 12.1 Å². The normalized spacial score (nSPS) is 21.6. The fourth-order valence-electron chi connectivity index (χ4n) is 5.87. The van der Waals surface area contributed by atoms with Gasteiger partial charge in [0.05, 0.1) is 14.2 Å². The quantitative estimate of drug-likeness (QED) is 0.225. The average Bonchev–Trinajstić information content (AvgIpc) is 3.35. The van der Waals surface area contributed by atoms with Crippen LogP contribution in [0.5, 0.6) is 11.5 Å². The van der Waals surface area contributed by atoms with E-state index in [9.17, 15) is 18.0 Å². The van der Waals surface area contributed by atoms with Crippen molar-refractivity contribution < 1.29 is 42.1 Å². The number of carbonyl (C=O) groups is 2. The van der Waals surface area contributed by atoms with Gasteiger partial charge in [0.25, 0.3) is 0 Å². The molecule has 3 atom stereocenters. The lowest BCUT2D eigenvalue weighted by molar-refractivity contribution is -0.192. The van der Waals surface area contributed by atoms with Crippen molar-refractivity contribution in [3.63, 3.8) is 0 Å². The third-order valence-electron chi connectivity index (χ3n) is 7.89. The van der Waals surface area contributed by atoms with Gasteiger partial charge in [-0.1, -0.05) is 36.4 Å². The number of ether oxygens (including phenoxy) is 3. The summed E-state index contributed by atoms with van der Waals surface area (Å²) < 4.78 is 50.9. The van der Waals surface area contributed by atoms with Crippen LogP contribution >= 0.6 is 11.9 Å². The van der Waals surface area contributed by atoms with Crippen LogP contribution in [0.15, 0.2) is 48.5 Å². The maximum Gasteiger partial charge on any atom is 0.490 e. The highest BCUT2D eigenvalue weighted by atomic mass is 32.2. The Kier molecular flexibility index (Phi) is 12.8. The second-order valence-corrected chi connectivity index (χ2v) is 11.4. The summed E-state index contributed by atoms with van der Waals surface area (Å²) in [5, 5.41) is 10.4. The number of fused-ring (bicyclic) bond motifs is 1. The molecule has 2 aliphatic rings. The lowest BCUT2D eigenvalue weighted by Gasteiger charge is -2.45. The number of likely N-dealkylation sites (tertiary alicyclic amines) is 1. The van der Waals surface area contributed by atoms with Gasteiger partial charge in [0.15, 0.2) is 11.5 Å². The molecule has 3 N–H and O–H groups in total. The van der Waals surface area contributed by atoms with E-state index in [1.165, 1.54) is 23.1 Å². The van der Waals surface area contributed by atoms with E-state index in [1.54, 1.807) is 21.3 Å². The minimum atomic E-state index is -5.08. The monoisotopic (exact) mass is 627 g/mol. The van der Waals surface area contributed by atoms with E-state index in [4.69, 9.17) is 24.1 Å². The van der Waals surface area contributed by atoms with Crippen molar-refractivity contribution in [3.8, 4) is 11.5 Å². The molecule has 1 aliphatic carbocycles. The highest BCUT2D eigenvalue weighted by Crippen LogP contribution is 2.50. The number of carboxylic acid groups (broad SMARTS) is 1. The molecule has 2 fully saturated rings. The fraction of sp³-hybridized carbons (Fsp3) is 0.533. The summed E-state index contributed by atoms with van der Waals surface area (Å²) in [6, 6.07) is 17.4. The average molecular weight is 628 g/mol. The van der Waals surface area contributed by atoms with Gasteiger partial charge in [-0.3, -0.25) is 9.62 Å². The number of nitrogens with one attached hydrogen (secondary N) is 2. The fourth-order valence-corrected chi connectivity index (χ4v) is 6.43. The van der Waals surface area contributed by atoms with Gasteiger partial charge in [0.2, 0.25) is 0 Å². The van der Waals surface area contributed by atoms with Crippen LogP contribution in [0.2, 0.25) is 0 Å². The molecule has 43 heavy (non-hydrogen) atoms. The molecule has 0 aromatic heterocycles. The minimum Gasteiger partial charge on any atom is -0.493 e.